The number of hydrogen-bond donors (Lipinski definition) is 1. The summed E-state index contributed by atoms with van der Waals surface area (Å²) in [7, 11) is 1.83. The number of benzene rings is 2. The number of anilines is 2. The number of para-hydroxylation sites is 1. The fraction of sp³-hybridized carbons (Fsp3) is 0.250. The summed E-state index contributed by atoms with van der Waals surface area (Å²) in [6.45, 7) is 4.55. The highest BCUT2D eigenvalue weighted by Crippen LogP contribution is 2.31. The van der Waals surface area contributed by atoms with E-state index in [4.69, 9.17) is 0 Å². The summed E-state index contributed by atoms with van der Waals surface area (Å²) < 4.78 is 0.778. The van der Waals surface area contributed by atoms with E-state index >= 15 is 0 Å². The summed E-state index contributed by atoms with van der Waals surface area (Å²) in [5.74, 6) is 0.0764. The van der Waals surface area contributed by atoms with Gasteiger partial charge in [-0.05, 0) is 31.0 Å². The molecule has 140 valence electrons. The molecule has 3 aromatic rings. The number of rotatable bonds is 7. The Balaban J connectivity index is 1.57. The average molecular weight is 399 g/mol. The Morgan fingerprint density at radius 1 is 1.15 bits per heavy atom. The minimum absolute atomic E-state index is 0.0764. The van der Waals surface area contributed by atoms with E-state index in [0.29, 0.717) is 6.54 Å². The number of carbonyl (C=O) groups is 1. The van der Waals surface area contributed by atoms with E-state index in [1.165, 1.54) is 23.1 Å². The third kappa shape index (κ3) is 5.30. The van der Waals surface area contributed by atoms with Gasteiger partial charge in [-0.1, -0.05) is 71.6 Å². The zero-order chi connectivity index (χ0) is 19.2. The normalized spacial score (nSPS) is 11.8. The summed E-state index contributed by atoms with van der Waals surface area (Å²) in [5.41, 5.74) is 3.27. The van der Waals surface area contributed by atoms with Crippen LogP contribution in [0.25, 0.3) is 0 Å². The molecule has 0 aliphatic carbocycles. The lowest BCUT2D eigenvalue weighted by Crippen LogP contribution is -2.32. The van der Waals surface area contributed by atoms with Gasteiger partial charge in [0.2, 0.25) is 11.0 Å². The van der Waals surface area contributed by atoms with Gasteiger partial charge in [0, 0.05) is 19.3 Å². The molecule has 0 spiro atoms. The minimum atomic E-state index is -0.224. The maximum atomic E-state index is 12.6. The lowest BCUT2D eigenvalue weighted by atomic mass is 10.2. The molecule has 1 aromatic heterocycles. The molecule has 5 nitrogen and oxygen atoms in total. The highest BCUT2D eigenvalue weighted by molar-refractivity contribution is 8.02. The Kier molecular flexibility index (Phi) is 6.47. The van der Waals surface area contributed by atoms with Crippen molar-refractivity contribution in [2.45, 2.75) is 30.0 Å². The van der Waals surface area contributed by atoms with Gasteiger partial charge in [0.05, 0.1) is 5.25 Å². The van der Waals surface area contributed by atoms with Gasteiger partial charge in [-0.3, -0.25) is 4.79 Å². The van der Waals surface area contributed by atoms with Gasteiger partial charge in [0.25, 0.3) is 0 Å². The lowest BCUT2D eigenvalue weighted by Gasteiger charge is -2.20. The van der Waals surface area contributed by atoms with Crippen LogP contribution < -0.4 is 5.32 Å². The van der Waals surface area contributed by atoms with Gasteiger partial charge in [-0.15, -0.1) is 10.2 Å². The molecule has 0 aliphatic heterocycles. The summed E-state index contributed by atoms with van der Waals surface area (Å²) in [6.07, 6.45) is 0. The van der Waals surface area contributed by atoms with Gasteiger partial charge in [0.1, 0.15) is 0 Å². The van der Waals surface area contributed by atoms with Crippen LogP contribution >= 0.6 is 23.1 Å². The monoisotopic (exact) mass is 398 g/mol. The van der Waals surface area contributed by atoms with Crippen LogP contribution in [0.2, 0.25) is 0 Å². The van der Waals surface area contributed by atoms with Crippen molar-refractivity contribution in [3.63, 3.8) is 0 Å². The van der Waals surface area contributed by atoms with Crippen molar-refractivity contribution in [3.8, 4) is 0 Å². The molecule has 2 aromatic carbocycles. The highest BCUT2D eigenvalue weighted by atomic mass is 32.2. The fourth-order valence-corrected chi connectivity index (χ4v) is 4.61. The molecule has 1 heterocycles. The van der Waals surface area contributed by atoms with Crippen LogP contribution in [0, 0.1) is 6.92 Å². The SMILES string of the molecule is Cc1ccccc1Nc1nnc(S[C@H](C)C(=O)N(C)Cc2ccccc2)s1. The molecule has 0 unspecified atom stereocenters. The van der Waals surface area contributed by atoms with Crippen molar-refractivity contribution >= 4 is 39.8 Å². The third-order valence-corrected chi connectivity index (χ3v) is 6.07. The molecule has 0 bridgehead atoms. The Morgan fingerprint density at radius 3 is 2.59 bits per heavy atom. The molecule has 7 heteroatoms. The number of thioether (sulfide) groups is 1. The van der Waals surface area contributed by atoms with Crippen LogP contribution in [0.1, 0.15) is 18.1 Å². The zero-order valence-corrected chi connectivity index (χ0v) is 17.2. The minimum Gasteiger partial charge on any atom is -0.340 e. The van der Waals surface area contributed by atoms with Crippen molar-refractivity contribution in [1.29, 1.82) is 0 Å². The number of aromatic nitrogens is 2. The second kappa shape index (κ2) is 9.01. The largest absolute Gasteiger partial charge is 0.340 e. The van der Waals surface area contributed by atoms with Crippen LogP contribution in [0.5, 0.6) is 0 Å². The van der Waals surface area contributed by atoms with Gasteiger partial charge in [0.15, 0.2) is 4.34 Å². The molecule has 27 heavy (non-hydrogen) atoms. The first-order valence-corrected chi connectivity index (χ1v) is 10.3. The van der Waals surface area contributed by atoms with E-state index < -0.39 is 0 Å². The molecule has 1 N–H and O–H groups in total. The van der Waals surface area contributed by atoms with Crippen molar-refractivity contribution in [2.24, 2.45) is 0 Å². The average Bonchev–Trinajstić information content (AvgIpc) is 3.10. The molecule has 3 rings (SSSR count). The molecule has 0 saturated carbocycles. The second-order valence-electron chi connectivity index (χ2n) is 6.25. The van der Waals surface area contributed by atoms with E-state index in [1.54, 1.807) is 4.90 Å². The van der Waals surface area contributed by atoms with Gasteiger partial charge >= 0.3 is 0 Å². The number of amides is 1. The Morgan fingerprint density at radius 2 is 1.85 bits per heavy atom. The quantitative estimate of drug-likeness (QED) is 0.583. The van der Waals surface area contributed by atoms with Crippen LogP contribution in [-0.2, 0) is 11.3 Å². The third-order valence-electron chi connectivity index (χ3n) is 4.06. The predicted octanol–water partition coefficient (Wildman–Crippen LogP) is 4.73. The molecule has 1 atom stereocenters. The van der Waals surface area contributed by atoms with Crippen LogP contribution in [0.15, 0.2) is 58.9 Å². The highest BCUT2D eigenvalue weighted by Gasteiger charge is 2.21. The first-order chi connectivity index (χ1) is 13.0. The maximum Gasteiger partial charge on any atom is 0.235 e. The summed E-state index contributed by atoms with van der Waals surface area (Å²) in [4.78, 5) is 14.4. The summed E-state index contributed by atoms with van der Waals surface area (Å²) in [6, 6.07) is 18.0. The van der Waals surface area contributed by atoms with E-state index in [9.17, 15) is 4.79 Å². The number of hydrogen-bond acceptors (Lipinski definition) is 6. The van der Waals surface area contributed by atoms with Gasteiger partial charge in [-0.25, -0.2) is 0 Å². The predicted molar refractivity (Wildman–Crippen MR) is 113 cm³/mol. The molecule has 0 aliphatic rings. The fourth-order valence-electron chi connectivity index (χ4n) is 2.58. The molecule has 0 radical (unpaired) electrons. The van der Waals surface area contributed by atoms with E-state index in [2.05, 4.69) is 15.5 Å². The Hall–Kier alpha value is -2.38. The standard InChI is InChI=1S/C20H22N4OS2/c1-14-9-7-8-12-17(14)21-19-22-23-20(27-19)26-15(2)18(25)24(3)13-16-10-5-4-6-11-16/h4-12,15H,13H2,1-3H3,(H,21,22)/t15-/m1/s1. The van der Waals surface area contributed by atoms with Crippen molar-refractivity contribution < 1.29 is 4.79 Å². The maximum absolute atomic E-state index is 12.6. The van der Waals surface area contributed by atoms with E-state index in [0.717, 1.165) is 26.3 Å². The number of nitrogens with one attached hydrogen (secondary N) is 1. The molecule has 1 amide bonds. The second-order valence-corrected chi connectivity index (χ2v) is 8.82. The number of aryl methyl sites for hydroxylation is 1. The molecular weight excluding hydrogens is 376 g/mol. The van der Waals surface area contributed by atoms with Crippen LogP contribution in [0.4, 0.5) is 10.8 Å². The van der Waals surface area contributed by atoms with Crippen LogP contribution in [-0.4, -0.2) is 33.3 Å². The molecule has 0 fully saturated rings. The van der Waals surface area contributed by atoms with Crippen molar-refractivity contribution in [2.75, 3.05) is 12.4 Å². The first-order valence-electron chi connectivity index (χ1n) is 8.64. The number of nitrogens with zero attached hydrogens (tertiary/aromatic N) is 3. The molecule has 0 saturated heterocycles. The van der Waals surface area contributed by atoms with Gasteiger partial charge < -0.3 is 10.2 Å². The number of carbonyl (C=O) groups excluding carboxylic acids is 1. The van der Waals surface area contributed by atoms with E-state index in [1.807, 2.05) is 75.5 Å². The smallest absolute Gasteiger partial charge is 0.235 e. The van der Waals surface area contributed by atoms with Crippen molar-refractivity contribution in [1.82, 2.24) is 15.1 Å². The molecular formula is C20H22N4OS2. The topological polar surface area (TPSA) is 58.1 Å². The summed E-state index contributed by atoms with van der Waals surface area (Å²) >= 11 is 2.90. The van der Waals surface area contributed by atoms with E-state index in [-0.39, 0.29) is 11.2 Å². The lowest BCUT2D eigenvalue weighted by molar-refractivity contribution is -0.129. The zero-order valence-electron chi connectivity index (χ0n) is 15.5. The Labute approximate surface area is 167 Å². The Bertz CT molecular complexity index is 898. The van der Waals surface area contributed by atoms with Crippen molar-refractivity contribution in [3.05, 3.63) is 65.7 Å². The first kappa shape index (κ1) is 19.4. The summed E-state index contributed by atoms with van der Waals surface area (Å²) in [5, 5.41) is 12.2. The van der Waals surface area contributed by atoms with Gasteiger partial charge in [-0.2, -0.15) is 0 Å². The van der Waals surface area contributed by atoms with Crippen LogP contribution in [0.3, 0.4) is 0 Å².